The molecule has 0 aliphatic rings. The third-order valence-corrected chi connectivity index (χ3v) is 2.76. The van der Waals surface area contributed by atoms with Gasteiger partial charge in [0.2, 0.25) is 0 Å². The lowest BCUT2D eigenvalue weighted by molar-refractivity contribution is 0.474. The third kappa shape index (κ3) is 3.08. The molecule has 2 aromatic carbocycles. The maximum atomic E-state index is 9.54. The standard InChI is InChI=1S/C14H12ClNO/c15-13-7-3-1-5-11(13)9-16-10-12-6-2-4-8-14(12)17/h1-8,10,17H,9H2. The molecule has 0 unspecified atom stereocenters. The number of nitrogens with zero attached hydrogens (tertiary/aromatic N) is 1. The van der Waals surface area contributed by atoms with Crippen molar-refractivity contribution in [3.05, 3.63) is 64.7 Å². The van der Waals surface area contributed by atoms with Crippen LogP contribution in [-0.4, -0.2) is 11.3 Å². The molecule has 0 aromatic heterocycles. The summed E-state index contributed by atoms with van der Waals surface area (Å²) < 4.78 is 0. The predicted molar refractivity (Wildman–Crippen MR) is 70.9 cm³/mol. The highest BCUT2D eigenvalue weighted by Gasteiger charge is 1.97. The molecule has 2 aromatic rings. The molecule has 1 N–H and O–H groups in total. The Morgan fingerprint density at radius 3 is 2.53 bits per heavy atom. The summed E-state index contributed by atoms with van der Waals surface area (Å²) in [5.41, 5.74) is 1.68. The first-order chi connectivity index (χ1) is 8.27. The van der Waals surface area contributed by atoms with Gasteiger partial charge in [0.1, 0.15) is 5.75 Å². The number of aromatic hydroxyl groups is 1. The molecule has 0 aliphatic heterocycles. The van der Waals surface area contributed by atoms with Gasteiger partial charge in [-0.25, -0.2) is 0 Å². The number of phenols is 1. The molecule has 0 radical (unpaired) electrons. The van der Waals surface area contributed by atoms with Crippen molar-refractivity contribution in [3.8, 4) is 5.75 Å². The van der Waals surface area contributed by atoms with Crippen LogP contribution in [0.4, 0.5) is 0 Å². The zero-order valence-corrected chi connectivity index (χ0v) is 9.93. The van der Waals surface area contributed by atoms with Crippen molar-refractivity contribution >= 4 is 17.8 Å². The average Bonchev–Trinajstić information content (AvgIpc) is 2.34. The van der Waals surface area contributed by atoms with Crippen molar-refractivity contribution in [2.24, 2.45) is 4.99 Å². The minimum atomic E-state index is 0.232. The summed E-state index contributed by atoms with van der Waals surface area (Å²) in [6, 6.07) is 14.7. The molecular formula is C14H12ClNO. The summed E-state index contributed by atoms with van der Waals surface area (Å²) >= 11 is 6.01. The van der Waals surface area contributed by atoms with E-state index in [2.05, 4.69) is 4.99 Å². The Kier molecular flexibility index (Phi) is 3.78. The van der Waals surface area contributed by atoms with Crippen molar-refractivity contribution in [1.29, 1.82) is 0 Å². The number of para-hydroxylation sites is 1. The zero-order chi connectivity index (χ0) is 12.1. The summed E-state index contributed by atoms with van der Waals surface area (Å²) in [5.74, 6) is 0.232. The van der Waals surface area contributed by atoms with Crippen molar-refractivity contribution in [3.63, 3.8) is 0 Å². The van der Waals surface area contributed by atoms with Gasteiger partial charge < -0.3 is 5.11 Å². The molecule has 0 bridgehead atoms. The van der Waals surface area contributed by atoms with E-state index in [4.69, 9.17) is 11.6 Å². The Morgan fingerprint density at radius 1 is 1.06 bits per heavy atom. The minimum absolute atomic E-state index is 0.232. The molecule has 17 heavy (non-hydrogen) atoms. The second-order valence-electron chi connectivity index (χ2n) is 3.62. The summed E-state index contributed by atoms with van der Waals surface area (Å²) in [4.78, 5) is 4.26. The van der Waals surface area contributed by atoms with Crippen molar-refractivity contribution in [2.45, 2.75) is 6.54 Å². The highest BCUT2D eigenvalue weighted by atomic mass is 35.5. The third-order valence-electron chi connectivity index (χ3n) is 2.39. The van der Waals surface area contributed by atoms with Gasteiger partial charge in [-0.1, -0.05) is 41.9 Å². The van der Waals surface area contributed by atoms with E-state index in [9.17, 15) is 5.11 Å². The Bertz CT molecular complexity index is 537. The number of benzene rings is 2. The summed E-state index contributed by atoms with van der Waals surface area (Å²) in [6.07, 6.45) is 1.65. The number of aliphatic imine (C=N–C) groups is 1. The van der Waals surface area contributed by atoms with E-state index in [0.717, 1.165) is 5.56 Å². The monoisotopic (exact) mass is 245 g/mol. The lowest BCUT2D eigenvalue weighted by Crippen LogP contribution is -1.86. The number of hydrogen-bond acceptors (Lipinski definition) is 2. The molecule has 0 amide bonds. The molecule has 0 saturated heterocycles. The molecule has 0 saturated carbocycles. The highest BCUT2D eigenvalue weighted by Crippen LogP contribution is 2.16. The van der Waals surface area contributed by atoms with E-state index < -0.39 is 0 Å². The SMILES string of the molecule is Oc1ccccc1C=NCc1ccccc1Cl. The summed E-state index contributed by atoms with van der Waals surface area (Å²) in [6.45, 7) is 0.508. The lowest BCUT2D eigenvalue weighted by Gasteiger charge is -2.00. The predicted octanol–water partition coefficient (Wildman–Crippen LogP) is 3.66. The van der Waals surface area contributed by atoms with E-state index in [-0.39, 0.29) is 5.75 Å². The maximum Gasteiger partial charge on any atom is 0.124 e. The van der Waals surface area contributed by atoms with Gasteiger partial charge in [0.15, 0.2) is 0 Å². The van der Waals surface area contributed by atoms with E-state index in [1.807, 2.05) is 36.4 Å². The van der Waals surface area contributed by atoms with Crippen LogP contribution in [0.3, 0.4) is 0 Å². The second-order valence-corrected chi connectivity index (χ2v) is 4.03. The molecule has 3 heteroatoms. The van der Waals surface area contributed by atoms with Crippen molar-refractivity contribution in [2.75, 3.05) is 0 Å². The molecule has 86 valence electrons. The number of phenolic OH excluding ortho intramolecular Hbond substituents is 1. The first kappa shape index (κ1) is 11.7. The van der Waals surface area contributed by atoms with Crippen molar-refractivity contribution < 1.29 is 5.11 Å². The quantitative estimate of drug-likeness (QED) is 0.823. The summed E-state index contributed by atoms with van der Waals surface area (Å²) in [5, 5.41) is 10.3. The van der Waals surface area contributed by atoms with Crippen molar-refractivity contribution in [1.82, 2.24) is 0 Å². The van der Waals surface area contributed by atoms with Crippen LogP contribution < -0.4 is 0 Å². The van der Waals surface area contributed by atoms with Gasteiger partial charge >= 0.3 is 0 Å². The maximum absolute atomic E-state index is 9.54. The number of hydrogen-bond donors (Lipinski definition) is 1. The molecule has 0 fully saturated rings. The van der Waals surface area contributed by atoms with E-state index in [1.54, 1.807) is 18.3 Å². The van der Waals surface area contributed by atoms with Crippen LogP contribution in [0.1, 0.15) is 11.1 Å². The van der Waals surface area contributed by atoms with Gasteiger partial charge in [-0.2, -0.15) is 0 Å². The first-order valence-electron chi connectivity index (χ1n) is 5.28. The highest BCUT2D eigenvalue weighted by molar-refractivity contribution is 6.31. The normalized spacial score (nSPS) is 10.9. The Hall–Kier alpha value is -1.80. The van der Waals surface area contributed by atoms with Crippen LogP contribution in [-0.2, 0) is 6.54 Å². The van der Waals surface area contributed by atoms with Crippen LogP contribution in [0.2, 0.25) is 5.02 Å². The zero-order valence-electron chi connectivity index (χ0n) is 9.18. The van der Waals surface area contributed by atoms with Gasteiger partial charge in [-0.05, 0) is 23.8 Å². The number of rotatable bonds is 3. The van der Waals surface area contributed by atoms with E-state index >= 15 is 0 Å². The number of halogens is 1. The van der Waals surface area contributed by atoms with Crippen LogP contribution >= 0.6 is 11.6 Å². The van der Waals surface area contributed by atoms with Crippen LogP contribution in [0, 0.1) is 0 Å². The Balaban J connectivity index is 2.09. The summed E-state index contributed by atoms with van der Waals surface area (Å²) in [7, 11) is 0. The van der Waals surface area contributed by atoms with Gasteiger partial charge in [0, 0.05) is 16.8 Å². The fourth-order valence-electron chi connectivity index (χ4n) is 1.47. The lowest BCUT2D eigenvalue weighted by atomic mass is 10.2. The molecule has 2 nitrogen and oxygen atoms in total. The first-order valence-corrected chi connectivity index (χ1v) is 5.66. The van der Waals surface area contributed by atoms with Gasteiger partial charge in [-0.3, -0.25) is 4.99 Å². The van der Waals surface area contributed by atoms with Crippen LogP contribution in [0.25, 0.3) is 0 Å². The molecular weight excluding hydrogens is 234 g/mol. The van der Waals surface area contributed by atoms with E-state index in [1.165, 1.54) is 0 Å². The smallest absolute Gasteiger partial charge is 0.124 e. The molecule has 0 heterocycles. The van der Waals surface area contributed by atoms with Gasteiger partial charge in [-0.15, -0.1) is 0 Å². The molecule has 0 aliphatic carbocycles. The van der Waals surface area contributed by atoms with Gasteiger partial charge in [0.05, 0.1) is 6.54 Å². The largest absolute Gasteiger partial charge is 0.507 e. The van der Waals surface area contributed by atoms with Crippen LogP contribution in [0.15, 0.2) is 53.5 Å². The molecule has 0 spiro atoms. The minimum Gasteiger partial charge on any atom is -0.507 e. The fourth-order valence-corrected chi connectivity index (χ4v) is 1.66. The average molecular weight is 246 g/mol. The Labute approximate surface area is 105 Å². The van der Waals surface area contributed by atoms with Crippen LogP contribution in [0.5, 0.6) is 5.75 Å². The molecule has 0 atom stereocenters. The Morgan fingerprint density at radius 2 is 1.76 bits per heavy atom. The fraction of sp³-hybridized carbons (Fsp3) is 0.0714. The second kappa shape index (κ2) is 5.51. The van der Waals surface area contributed by atoms with Gasteiger partial charge in [0.25, 0.3) is 0 Å². The topological polar surface area (TPSA) is 32.6 Å². The molecule has 2 rings (SSSR count). The van der Waals surface area contributed by atoms with E-state index in [0.29, 0.717) is 17.1 Å².